The molecule has 0 spiro atoms. The second-order valence-electron chi connectivity index (χ2n) is 2.39. The molecule has 0 heterocycles. The molecule has 0 unspecified atom stereocenters. The van der Waals surface area contributed by atoms with E-state index in [0.717, 1.165) is 0 Å². The van der Waals surface area contributed by atoms with Crippen LogP contribution in [0.3, 0.4) is 0 Å². The van der Waals surface area contributed by atoms with Crippen molar-refractivity contribution in [2.75, 3.05) is 0 Å². The van der Waals surface area contributed by atoms with E-state index >= 15 is 0 Å². The first-order chi connectivity index (χ1) is 6.13. The lowest BCUT2D eigenvalue weighted by atomic mass is 10.2. The van der Waals surface area contributed by atoms with E-state index in [4.69, 9.17) is 16.3 Å². The van der Waals surface area contributed by atoms with Crippen molar-refractivity contribution in [2.24, 2.45) is 0 Å². The minimum absolute atomic E-state index is 0.190. The van der Waals surface area contributed by atoms with Gasteiger partial charge in [-0.05, 0) is 12.1 Å². The summed E-state index contributed by atoms with van der Waals surface area (Å²) in [7, 11) is 0. The molecular weight excluding hydrogens is 192 g/mol. The smallest absolute Gasteiger partial charge is 0.308 e. The molecule has 0 aliphatic carbocycles. The van der Waals surface area contributed by atoms with Gasteiger partial charge in [-0.25, -0.2) is 0 Å². The summed E-state index contributed by atoms with van der Waals surface area (Å²) >= 11 is 5.65. The van der Waals surface area contributed by atoms with Crippen LogP contribution in [0.5, 0.6) is 5.75 Å². The zero-order chi connectivity index (χ0) is 9.84. The molecule has 0 aliphatic heterocycles. The van der Waals surface area contributed by atoms with E-state index in [-0.39, 0.29) is 5.75 Å². The van der Waals surface area contributed by atoms with Crippen molar-refractivity contribution >= 4 is 23.9 Å². The van der Waals surface area contributed by atoms with Crippen molar-refractivity contribution < 1.29 is 14.3 Å². The van der Waals surface area contributed by atoms with E-state index < -0.39 is 5.97 Å². The fraction of sp³-hybridized carbons (Fsp3) is 0.111. The topological polar surface area (TPSA) is 43.4 Å². The molecule has 0 bridgehead atoms. The molecule has 13 heavy (non-hydrogen) atoms. The Balaban J connectivity index is 3.07. The third-order valence-electron chi connectivity index (χ3n) is 1.36. The molecule has 4 heteroatoms. The molecule has 1 rings (SSSR count). The molecule has 0 radical (unpaired) electrons. The van der Waals surface area contributed by atoms with Gasteiger partial charge in [-0.1, -0.05) is 11.6 Å². The number of ether oxygens (including phenoxy) is 1. The Kier molecular flexibility index (Phi) is 3.03. The van der Waals surface area contributed by atoms with Crippen molar-refractivity contribution in [2.45, 2.75) is 6.92 Å². The summed E-state index contributed by atoms with van der Waals surface area (Å²) < 4.78 is 4.76. The molecule has 0 aromatic heterocycles. The lowest BCUT2D eigenvalue weighted by Crippen LogP contribution is -2.03. The van der Waals surface area contributed by atoms with Gasteiger partial charge in [0.1, 0.15) is 5.75 Å². The second-order valence-corrected chi connectivity index (χ2v) is 2.83. The molecule has 68 valence electrons. The quantitative estimate of drug-likeness (QED) is 0.415. The fourth-order valence-electron chi connectivity index (χ4n) is 0.849. The van der Waals surface area contributed by atoms with Gasteiger partial charge >= 0.3 is 5.97 Å². The first-order valence-corrected chi connectivity index (χ1v) is 3.94. The van der Waals surface area contributed by atoms with Gasteiger partial charge in [-0.15, -0.1) is 0 Å². The fourth-order valence-corrected chi connectivity index (χ4v) is 1.01. The van der Waals surface area contributed by atoms with Gasteiger partial charge in [0.15, 0.2) is 6.29 Å². The van der Waals surface area contributed by atoms with E-state index in [1.54, 1.807) is 6.07 Å². The molecule has 0 saturated heterocycles. The molecule has 0 amide bonds. The minimum atomic E-state index is -0.481. The third-order valence-corrected chi connectivity index (χ3v) is 1.59. The average Bonchev–Trinajstić information content (AvgIpc) is 2.03. The zero-order valence-corrected chi connectivity index (χ0v) is 7.67. The number of rotatable bonds is 2. The number of hydrogen-bond donors (Lipinski definition) is 0. The highest BCUT2D eigenvalue weighted by atomic mass is 35.5. The van der Waals surface area contributed by atoms with Crippen LogP contribution in [0.1, 0.15) is 17.3 Å². The monoisotopic (exact) mass is 198 g/mol. The SMILES string of the molecule is CC(=O)Oc1cc(Cl)ccc1C=O. The summed E-state index contributed by atoms with van der Waals surface area (Å²) in [6.07, 6.45) is 0.606. The highest BCUT2D eigenvalue weighted by Gasteiger charge is 2.05. The van der Waals surface area contributed by atoms with Crippen LogP contribution in [0.2, 0.25) is 5.02 Å². The molecule has 1 aromatic rings. The van der Waals surface area contributed by atoms with Crippen LogP contribution in [-0.4, -0.2) is 12.3 Å². The van der Waals surface area contributed by atoms with E-state index in [2.05, 4.69) is 0 Å². The highest BCUT2D eigenvalue weighted by Crippen LogP contribution is 2.21. The van der Waals surface area contributed by atoms with Crippen molar-refractivity contribution in [3.8, 4) is 5.75 Å². The number of benzene rings is 1. The number of esters is 1. The number of hydrogen-bond acceptors (Lipinski definition) is 3. The molecular formula is C9H7ClO3. The van der Waals surface area contributed by atoms with E-state index in [9.17, 15) is 9.59 Å². The molecule has 3 nitrogen and oxygen atoms in total. The average molecular weight is 199 g/mol. The zero-order valence-electron chi connectivity index (χ0n) is 6.91. The normalized spacial score (nSPS) is 9.38. The Morgan fingerprint density at radius 3 is 2.77 bits per heavy atom. The van der Waals surface area contributed by atoms with Crippen LogP contribution in [0.25, 0.3) is 0 Å². The maximum absolute atomic E-state index is 10.6. The molecule has 0 saturated carbocycles. The Morgan fingerprint density at radius 2 is 2.23 bits per heavy atom. The largest absolute Gasteiger partial charge is 0.426 e. The highest BCUT2D eigenvalue weighted by molar-refractivity contribution is 6.30. The summed E-state index contributed by atoms with van der Waals surface area (Å²) in [5, 5.41) is 0.418. The third kappa shape index (κ3) is 2.56. The Labute approximate surface area is 80.3 Å². The number of carbonyl (C=O) groups excluding carboxylic acids is 2. The standard InChI is InChI=1S/C9H7ClO3/c1-6(12)13-9-4-8(10)3-2-7(9)5-11/h2-5H,1H3. The van der Waals surface area contributed by atoms with E-state index in [1.165, 1.54) is 19.1 Å². The van der Waals surface area contributed by atoms with Crippen molar-refractivity contribution in [1.82, 2.24) is 0 Å². The first kappa shape index (κ1) is 9.74. The Hall–Kier alpha value is -1.35. The summed E-state index contributed by atoms with van der Waals surface area (Å²) in [6.45, 7) is 1.26. The molecule has 1 aromatic carbocycles. The summed E-state index contributed by atoms with van der Waals surface area (Å²) in [5.41, 5.74) is 0.305. The maximum atomic E-state index is 10.6. The van der Waals surface area contributed by atoms with Crippen molar-refractivity contribution in [3.05, 3.63) is 28.8 Å². The Morgan fingerprint density at radius 1 is 1.54 bits per heavy atom. The van der Waals surface area contributed by atoms with Crippen LogP contribution in [0, 0.1) is 0 Å². The van der Waals surface area contributed by atoms with Gasteiger partial charge in [0.2, 0.25) is 0 Å². The van der Waals surface area contributed by atoms with Gasteiger partial charge in [0.05, 0.1) is 5.56 Å². The summed E-state index contributed by atoms with van der Waals surface area (Å²) in [6, 6.07) is 4.47. The van der Waals surface area contributed by atoms with Gasteiger partial charge in [0, 0.05) is 18.0 Å². The molecule has 0 fully saturated rings. The summed E-state index contributed by atoms with van der Waals surface area (Å²) in [5.74, 6) is -0.291. The van der Waals surface area contributed by atoms with E-state index in [0.29, 0.717) is 16.9 Å². The maximum Gasteiger partial charge on any atom is 0.308 e. The predicted octanol–water partition coefficient (Wildman–Crippen LogP) is 2.08. The predicted molar refractivity (Wildman–Crippen MR) is 48.1 cm³/mol. The Bertz CT molecular complexity index is 347. The number of halogens is 1. The van der Waals surface area contributed by atoms with E-state index in [1.807, 2.05) is 0 Å². The van der Waals surface area contributed by atoms with Crippen molar-refractivity contribution in [1.29, 1.82) is 0 Å². The van der Waals surface area contributed by atoms with Gasteiger partial charge < -0.3 is 4.74 Å². The first-order valence-electron chi connectivity index (χ1n) is 3.56. The van der Waals surface area contributed by atoms with Gasteiger partial charge in [-0.3, -0.25) is 9.59 Å². The number of aldehydes is 1. The van der Waals surface area contributed by atoms with Gasteiger partial charge in [-0.2, -0.15) is 0 Å². The number of carbonyl (C=O) groups is 2. The molecule has 0 aliphatic rings. The van der Waals surface area contributed by atoms with Crippen LogP contribution in [0.15, 0.2) is 18.2 Å². The molecule has 0 N–H and O–H groups in total. The van der Waals surface area contributed by atoms with Crippen LogP contribution in [0.4, 0.5) is 0 Å². The minimum Gasteiger partial charge on any atom is -0.426 e. The lowest BCUT2D eigenvalue weighted by molar-refractivity contribution is -0.131. The molecule has 0 atom stereocenters. The second kappa shape index (κ2) is 4.05. The van der Waals surface area contributed by atoms with Crippen LogP contribution >= 0.6 is 11.6 Å². The van der Waals surface area contributed by atoms with Gasteiger partial charge in [0.25, 0.3) is 0 Å². The van der Waals surface area contributed by atoms with Crippen molar-refractivity contribution in [3.63, 3.8) is 0 Å². The lowest BCUT2D eigenvalue weighted by Gasteiger charge is -2.03. The van der Waals surface area contributed by atoms with Crippen LogP contribution in [-0.2, 0) is 4.79 Å². The van der Waals surface area contributed by atoms with Crippen LogP contribution < -0.4 is 4.74 Å². The summed E-state index contributed by atoms with van der Waals surface area (Å²) in [4.78, 5) is 21.1.